The summed E-state index contributed by atoms with van der Waals surface area (Å²) in [6.07, 6.45) is 0. The summed E-state index contributed by atoms with van der Waals surface area (Å²) in [5.41, 5.74) is 1.23. The van der Waals surface area contributed by atoms with Gasteiger partial charge >= 0.3 is 0 Å². The van der Waals surface area contributed by atoms with Gasteiger partial charge in [-0.15, -0.1) is 0 Å². The maximum Gasteiger partial charge on any atom is 0.256 e. The normalized spacial score (nSPS) is 11.6. The maximum atomic E-state index is 12.4. The van der Waals surface area contributed by atoms with E-state index < -0.39 is 0 Å². The molecule has 0 aliphatic carbocycles. The van der Waals surface area contributed by atoms with Gasteiger partial charge in [-0.1, -0.05) is 24.3 Å². The van der Waals surface area contributed by atoms with Gasteiger partial charge < -0.3 is 15.7 Å². The van der Waals surface area contributed by atoms with Gasteiger partial charge in [-0.05, 0) is 47.1 Å². The Morgan fingerprint density at radius 1 is 1.04 bits per heavy atom. The number of amides is 2. The Morgan fingerprint density at radius 2 is 1.65 bits per heavy atom. The first-order chi connectivity index (χ1) is 11.0. The van der Waals surface area contributed by atoms with E-state index in [0.29, 0.717) is 21.3 Å². The van der Waals surface area contributed by atoms with Crippen LogP contribution >= 0.6 is 15.9 Å². The summed E-state index contributed by atoms with van der Waals surface area (Å²) < 4.78 is 0.674. The van der Waals surface area contributed by atoms with Crippen LogP contribution in [0.3, 0.4) is 0 Å². The Hall–Kier alpha value is -2.18. The summed E-state index contributed by atoms with van der Waals surface area (Å²) in [4.78, 5) is 24.6. The molecule has 2 rings (SSSR count). The third-order valence-corrected chi connectivity index (χ3v) is 3.88. The van der Waals surface area contributed by atoms with E-state index in [1.807, 2.05) is 6.07 Å². The molecule has 0 radical (unpaired) electrons. The van der Waals surface area contributed by atoms with Crippen LogP contribution in [0.2, 0.25) is 0 Å². The lowest BCUT2D eigenvalue weighted by atomic mass is 10.1. The molecule has 0 bridgehead atoms. The lowest BCUT2D eigenvalue weighted by Gasteiger charge is -2.14. The van der Waals surface area contributed by atoms with Crippen molar-refractivity contribution in [2.45, 2.75) is 13.0 Å². The summed E-state index contributed by atoms with van der Waals surface area (Å²) >= 11 is 3.33. The van der Waals surface area contributed by atoms with Crippen LogP contribution in [0.25, 0.3) is 0 Å². The SMILES string of the molecule is CC(CO)NC(=O)c1ccccc1NC(=O)c1ccccc1Br. The second-order valence-electron chi connectivity index (χ2n) is 5.04. The summed E-state index contributed by atoms with van der Waals surface area (Å²) in [6.45, 7) is 1.54. The highest BCUT2D eigenvalue weighted by molar-refractivity contribution is 9.10. The highest BCUT2D eigenvalue weighted by Gasteiger charge is 2.16. The third kappa shape index (κ3) is 4.40. The molecule has 6 heteroatoms. The summed E-state index contributed by atoms with van der Waals surface area (Å²) in [5.74, 6) is -0.664. The van der Waals surface area contributed by atoms with Crippen molar-refractivity contribution in [3.63, 3.8) is 0 Å². The van der Waals surface area contributed by atoms with E-state index in [2.05, 4.69) is 26.6 Å². The fourth-order valence-corrected chi connectivity index (χ4v) is 2.44. The van der Waals surface area contributed by atoms with Gasteiger partial charge in [0.1, 0.15) is 0 Å². The van der Waals surface area contributed by atoms with Gasteiger partial charge in [-0.2, -0.15) is 0 Å². The molecule has 120 valence electrons. The minimum atomic E-state index is -0.366. The first-order valence-corrected chi connectivity index (χ1v) is 7.89. The zero-order chi connectivity index (χ0) is 16.8. The number of anilines is 1. The topological polar surface area (TPSA) is 78.4 Å². The molecule has 0 saturated carbocycles. The van der Waals surface area contributed by atoms with Gasteiger partial charge in [0.05, 0.1) is 23.4 Å². The van der Waals surface area contributed by atoms with Crippen LogP contribution in [0, 0.1) is 0 Å². The lowest BCUT2D eigenvalue weighted by Crippen LogP contribution is -2.35. The fraction of sp³-hybridized carbons (Fsp3) is 0.176. The highest BCUT2D eigenvalue weighted by Crippen LogP contribution is 2.20. The molecule has 1 unspecified atom stereocenters. The highest BCUT2D eigenvalue weighted by atomic mass is 79.9. The molecule has 0 aliphatic rings. The molecular weight excluding hydrogens is 360 g/mol. The number of rotatable bonds is 5. The van der Waals surface area contributed by atoms with Gasteiger partial charge in [0.2, 0.25) is 0 Å². The van der Waals surface area contributed by atoms with Crippen LogP contribution in [-0.4, -0.2) is 29.6 Å². The summed E-state index contributed by atoms with van der Waals surface area (Å²) in [5, 5.41) is 14.4. The van der Waals surface area contributed by atoms with Crippen molar-refractivity contribution >= 4 is 33.4 Å². The quantitative estimate of drug-likeness (QED) is 0.750. The van der Waals surface area contributed by atoms with Crippen molar-refractivity contribution in [1.29, 1.82) is 0 Å². The van der Waals surface area contributed by atoms with Crippen LogP contribution in [0.5, 0.6) is 0 Å². The van der Waals surface area contributed by atoms with Gasteiger partial charge in [-0.3, -0.25) is 9.59 Å². The predicted molar refractivity (Wildman–Crippen MR) is 92.6 cm³/mol. The van der Waals surface area contributed by atoms with E-state index in [4.69, 9.17) is 5.11 Å². The fourth-order valence-electron chi connectivity index (χ4n) is 1.97. The number of aliphatic hydroxyl groups excluding tert-OH is 1. The largest absolute Gasteiger partial charge is 0.394 e. The zero-order valence-corrected chi connectivity index (χ0v) is 14.1. The van der Waals surface area contributed by atoms with Crippen LogP contribution in [-0.2, 0) is 0 Å². The number of aliphatic hydroxyl groups is 1. The number of hydrogen-bond acceptors (Lipinski definition) is 3. The standard InChI is InChI=1S/C17H17BrN2O3/c1-11(10-21)19-17(23)13-7-3-5-9-15(13)20-16(22)12-6-2-4-8-14(12)18/h2-9,11,21H,10H2,1H3,(H,19,23)(H,20,22). The second-order valence-corrected chi connectivity index (χ2v) is 5.89. The zero-order valence-electron chi connectivity index (χ0n) is 12.5. The molecule has 0 spiro atoms. The molecule has 2 aromatic rings. The minimum absolute atomic E-state index is 0.156. The van der Waals surface area contributed by atoms with E-state index in [1.165, 1.54) is 0 Å². The second kappa shape index (κ2) is 7.89. The average Bonchev–Trinajstić information content (AvgIpc) is 2.55. The van der Waals surface area contributed by atoms with Gasteiger partial charge in [-0.25, -0.2) is 0 Å². The lowest BCUT2D eigenvalue weighted by molar-refractivity contribution is 0.0923. The van der Waals surface area contributed by atoms with Crippen molar-refractivity contribution in [1.82, 2.24) is 5.32 Å². The van der Waals surface area contributed by atoms with Gasteiger partial charge in [0.25, 0.3) is 11.8 Å². The van der Waals surface area contributed by atoms with Gasteiger partial charge in [0, 0.05) is 10.5 Å². The minimum Gasteiger partial charge on any atom is -0.394 e. The molecule has 0 heterocycles. The molecule has 0 aromatic heterocycles. The molecule has 5 nitrogen and oxygen atoms in total. The van der Waals surface area contributed by atoms with Crippen molar-refractivity contribution < 1.29 is 14.7 Å². The van der Waals surface area contributed by atoms with Crippen molar-refractivity contribution in [3.05, 3.63) is 64.1 Å². The summed E-state index contributed by atoms with van der Waals surface area (Å²) in [6, 6.07) is 13.4. The molecule has 0 aliphatic heterocycles. The van der Waals surface area contributed by atoms with E-state index in [0.717, 1.165) is 0 Å². The van der Waals surface area contributed by atoms with Crippen molar-refractivity contribution in [2.24, 2.45) is 0 Å². The maximum absolute atomic E-state index is 12.4. The molecular formula is C17H17BrN2O3. The number of carbonyl (C=O) groups is 2. The molecule has 2 amide bonds. The number of hydrogen-bond donors (Lipinski definition) is 3. The number of carbonyl (C=O) groups excluding carboxylic acids is 2. The van der Waals surface area contributed by atoms with Crippen molar-refractivity contribution in [2.75, 3.05) is 11.9 Å². The van der Waals surface area contributed by atoms with E-state index in [9.17, 15) is 9.59 Å². The first kappa shape index (κ1) is 17.2. The number of benzene rings is 2. The molecule has 1 atom stereocenters. The van der Waals surface area contributed by atoms with Gasteiger partial charge in [0.15, 0.2) is 0 Å². The molecule has 0 fully saturated rings. The van der Waals surface area contributed by atoms with Crippen LogP contribution in [0.1, 0.15) is 27.6 Å². The van der Waals surface area contributed by atoms with Crippen LogP contribution in [0.4, 0.5) is 5.69 Å². The monoisotopic (exact) mass is 376 g/mol. The number of para-hydroxylation sites is 1. The molecule has 23 heavy (non-hydrogen) atoms. The van der Waals surface area contributed by atoms with E-state index >= 15 is 0 Å². The number of halogens is 1. The predicted octanol–water partition coefficient (Wildman–Crippen LogP) is 2.81. The molecule has 3 N–H and O–H groups in total. The first-order valence-electron chi connectivity index (χ1n) is 7.09. The number of nitrogens with one attached hydrogen (secondary N) is 2. The molecule has 0 saturated heterocycles. The van der Waals surface area contributed by atoms with Crippen LogP contribution < -0.4 is 10.6 Å². The summed E-state index contributed by atoms with van der Waals surface area (Å²) in [7, 11) is 0. The third-order valence-electron chi connectivity index (χ3n) is 3.19. The Morgan fingerprint density at radius 3 is 2.30 bits per heavy atom. The molecule has 2 aromatic carbocycles. The Balaban J connectivity index is 2.22. The Labute approximate surface area is 142 Å². The van der Waals surface area contributed by atoms with Crippen LogP contribution in [0.15, 0.2) is 53.0 Å². The Bertz CT molecular complexity index is 718. The Kier molecular flexibility index (Phi) is 5.90. The average molecular weight is 377 g/mol. The smallest absolute Gasteiger partial charge is 0.256 e. The van der Waals surface area contributed by atoms with E-state index in [-0.39, 0.29) is 24.5 Å². The van der Waals surface area contributed by atoms with Crippen molar-refractivity contribution in [3.8, 4) is 0 Å². The van der Waals surface area contributed by atoms with E-state index in [1.54, 1.807) is 49.4 Å².